The van der Waals surface area contributed by atoms with Crippen LogP contribution < -0.4 is 4.74 Å². The van der Waals surface area contributed by atoms with Gasteiger partial charge in [0.25, 0.3) is 0 Å². The number of nitrogens with one attached hydrogen (secondary N) is 1. The van der Waals surface area contributed by atoms with Crippen molar-refractivity contribution in [3.8, 4) is 5.75 Å². The van der Waals surface area contributed by atoms with E-state index >= 15 is 0 Å². The summed E-state index contributed by atoms with van der Waals surface area (Å²) in [5.74, 6) is 1.63. The summed E-state index contributed by atoms with van der Waals surface area (Å²) in [6.07, 6.45) is 8.82. The topological polar surface area (TPSA) is 42.1 Å². The van der Waals surface area contributed by atoms with E-state index in [0.29, 0.717) is 12.3 Å². The van der Waals surface area contributed by atoms with Crippen molar-refractivity contribution in [2.24, 2.45) is 5.92 Å². The van der Waals surface area contributed by atoms with Crippen molar-refractivity contribution in [2.75, 3.05) is 7.11 Å². The summed E-state index contributed by atoms with van der Waals surface area (Å²) in [4.78, 5) is 15.7. The van der Waals surface area contributed by atoms with E-state index in [-0.39, 0.29) is 5.78 Å². The molecule has 0 unspecified atom stereocenters. The van der Waals surface area contributed by atoms with Crippen molar-refractivity contribution in [3.63, 3.8) is 0 Å². The van der Waals surface area contributed by atoms with E-state index < -0.39 is 0 Å². The zero-order valence-corrected chi connectivity index (χ0v) is 11.9. The van der Waals surface area contributed by atoms with E-state index in [9.17, 15) is 4.79 Å². The third-order valence-corrected chi connectivity index (χ3v) is 4.39. The van der Waals surface area contributed by atoms with E-state index in [1.807, 2.05) is 24.4 Å². The highest BCUT2D eigenvalue weighted by atomic mass is 16.5. The summed E-state index contributed by atoms with van der Waals surface area (Å²) in [6.45, 7) is 0. The van der Waals surface area contributed by atoms with Crippen LogP contribution in [0.15, 0.2) is 24.4 Å². The van der Waals surface area contributed by atoms with Gasteiger partial charge in [-0.15, -0.1) is 0 Å². The Balaban J connectivity index is 1.83. The summed E-state index contributed by atoms with van der Waals surface area (Å²) >= 11 is 0. The number of carbonyl (C=O) groups is 1. The molecule has 0 saturated heterocycles. The molecule has 0 spiro atoms. The van der Waals surface area contributed by atoms with Gasteiger partial charge in [-0.05, 0) is 24.1 Å². The molecule has 0 bridgehead atoms. The van der Waals surface area contributed by atoms with Crippen LogP contribution in [-0.4, -0.2) is 17.9 Å². The first-order valence-electron chi connectivity index (χ1n) is 7.46. The molecular weight excluding hydrogens is 250 g/mol. The second kappa shape index (κ2) is 5.70. The first-order chi connectivity index (χ1) is 9.78. The molecule has 0 atom stereocenters. The summed E-state index contributed by atoms with van der Waals surface area (Å²) in [5.41, 5.74) is 1.81. The third kappa shape index (κ3) is 2.58. The molecule has 1 N–H and O–H groups in total. The highest BCUT2D eigenvalue weighted by molar-refractivity contribution is 6.08. The molecule has 1 aliphatic rings. The fraction of sp³-hybridized carbons (Fsp3) is 0.471. The van der Waals surface area contributed by atoms with E-state index in [1.165, 1.54) is 32.1 Å². The van der Waals surface area contributed by atoms with Crippen LogP contribution in [-0.2, 0) is 0 Å². The van der Waals surface area contributed by atoms with Crippen LogP contribution in [0.5, 0.6) is 5.75 Å². The SMILES string of the molecule is COc1ccc2[nH]cc(C(=O)CC3CCCCC3)c2c1. The summed E-state index contributed by atoms with van der Waals surface area (Å²) in [5, 5.41) is 0.977. The Morgan fingerprint density at radius 2 is 2.10 bits per heavy atom. The monoisotopic (exact) mass is 271 g/mol. The standard InChI is InChI=1S/C17H21NO2/c1-20-13-7-8-16-14(10-13)15(11-18-16)17(19)9-12-5-3-2-4-6-12/h7-8,10-12,18H,2-6,9H2,1H3. The smallest absolute Gasteiger partial charge is 0.165 e. The second-order valence-corrected chi connectivity index (χ2v) is 5.75. The van der Waals surface area contributed by atoms with Gasteiger partial charge in [-0.1, -0.05) is 32.1 Å². The molecule has 1 aromatic carbocycles. The minimum absolute atomic E-state index is 0.261. The maximum Gasteiger partial charge on any atom is 0.165 e. The number of rotatable bonds is 4. The lowest BCUT2D eigenvalue weighted by atomic mass is 9.85. The summed E-state index contributed by atoms with van der Waals surface area (Å²) in [6, 6.07) is 5.82. The molecule has 3 nitrogen and oxygen atoms in total. The number of methoxy groups -OCH3 is 1. The van der Waals surface area contributed by atoms with Crippen molar-refractivity contribution >= 4 is 16.7 Å². The molecule has 0 aliphatic heterocycles. The van der Waals surface area contributed by atoms with Gasteiger partial charge in [0.05, 0.1) is 7.11 Å². The van der Waals surface area contributed by atoms with Crippen molar-refractivity contribution in [1.82, 2.24) is 4.98 Å². The molecule has 0 amide bonds. The van der Waals surface area contributed by atoms with Crippen LogP contribution in [0.1, 0.15) is 48.9 Å². The van der Waals surface area contributed by atoms with Gasteiger partial charge in [-0.2, -0.15) is 0 Å². The van der Waals surface area contributed by atoms with E-state index in [1.54, 1.807) is 7.11 Å². The van der Waals surface area contributed by atoms with Crippen molar-refractivity contribution in [2.45, 2.75) is 38.5 Å². The maximum atomic E-state index is 12.5. The molecule has 1 saturated carbocycles. The van der Waals surface area contributed by atoms with Crippen LogP contribution >= 0.6 is 0 Å². The van der Waals surface area contributed by atoms with Crippen LogP contribution in [0, 0.1) is 5.92 Å². The number of Topliss-reactive ketones (excluding diaryl/α,β-unsaturated/α-hetero) is 1. The molecule has 3 rings (SSSR count). The first-order valence-corrected chi connectivity index (χ1v) is 7.46. The number of fused-ring (bicyclic) bond motifs is 1. The Hall–Kier alpha value is -1.77. The van der Waals surface area contributed by atoms with Gasteiger partial charge in [-0.3, -0.25) is 4.79 Å². The number of benzene rings is 1. The Morgan fingerprint density at radius 1 is 1.30 bits per heavy atom. The number of H-pyrrole nitrogens is 1. The fourth-order valence-electron chi connectivity index (χ4n) is 3.22. The number of ether oxygens (including phenoxy) is 1. The van der Waals surface area contributed by atoms with E-state index in [0.717, 1.165) is 22.2 Å². The van der Waals surface area contributed by atoms with Gasteiger partial charge in [0, 0.05) is 29.1 Å². The zero-order chi connectivity index (χ0) is 13.9. The van der Waals surface area contributed by atoms with Gasteiger partial charge < -0.3 is 9.72 Å². The van der Waals surface area contributed by atoms with Crippen molar-refractivity contribution < 1.29 is 9.53 Å². The first kappa shape index (κ1) is 13.2. The van der Waals surface area contributed by atoms with Gasteiger partial charge in [0.1, 0.15) is 5.75 Å². The third-order valence-electron chi connectivity index (χ3n) is 4.39. The molecule has 1 fully saturated rings. The zero-order valence-electron chi connectivity index (χ0n) is 11.9. The maximum absolute atomic E-state index is 12.5. The summed E-state index contributed by atoms with van der Waals surface area (Å²) in [7, 11) is 1.65. The van der Waals surface area contributed by atoms with Crippen molar-refractivity contribution in [3.05, 3.63) is 30.0 Å². The normalized spacial score (nSPS) is 16.4. The lowest BCUT2D eigenvalue weighted by Gasteiger charge is -2.20. The number of aromatic amines is 1. The molecule has 20 heavy (non-hydrogen) atoms. The second-order valence-electron chi connectivity index (χ2n) is 5.75. The van der Waals surface area contributed by atoms with E-state index in [2.05, 4.69) is 4.98 Å². The predicted molar refractivity (Wildman–Crippen MR) is 80.4 cm³/mol. The van der Waals surface area contributed by atoms with Crippen LogP contribution in [0.25, 0.3) is 10.9 Å². The van der Waals surface area contributed by atoms with Gasteiger partial charge in [0.2, 0.25) is 0 Å². The Morgan fingerprint density at radius 3 is 2.85 bits per heavy atom. The molecule has 1 heterocycles. The average molecular weight is 271 g/mol. The highest BCUT2D eigenvalue weighted by Crippen LogP contribution is 2.30. The van der Waals surface area contributed by atoms with Crippen LogP contribution in [0.3, 0.4) is 0 Å². The average Bonchev–Trinajstić information content (AvgIpc) is 2.91. The molecule has 3 heteroatoms. The highest BCUT2D eigenvalue weighted by Gasteiger charge is 2.20. The molecular formula is C17H21NO2. The number of aromatic nitrogens is 1. The van der Waals surface area contributed by atoms with Crippen molar-refractivity contribution in [1.29, 1.82) is 0 Å². The Kier molecular flexibility index (Phi) is 3.77. The molecule has 1 aliphatic carbocycles. The predicted octanol–water partition coefficient (Wildman–Crippen LogP) is 4.33. The number of hydrogen-bond acceptors (Lipinski definition) is 2. The van der Waals surface area contributed by atoms with Gasteiger partial charge >= 0.3 is 0 Å². The lowest BCUT2D eigenvalue weighted by Crippen LogP contribution is -2.12. The Labute approximate surface area is 119 Å². The van der Waals surface area contributed by atoms with Gasteiger partial charge in [-0.25, -0.2) is 0 Å². The minimum Gasteiger partial charge on any atom is -0.497 e. The van der Waals surface area contributed by atoms with Crippen LogP contribution in [0.2, 0.25) is 0 Å². The molecule has 0 radical (unpaired) electrons. The number of carbonyl (C=O) groups excluding carboxylic acids is 1. The lowest BCUT2D eigenvalue weighted by molar-refractivity contribution is 0.0952. The quantitative estimate of drug-likeness (QED) is 0.841. The number of hydrogen-bond donors (Lipinski definition) is 1. The molecule has 106 valence electrons. The van der Waals surface area contributed by atoms with E-state index in [4.69, 9.17) is 4.74 Å². The summed E-state index contributed by atoms with van der Waals surface area (Å²) < 4.78 is 5.25. The molecule has 1 aromatic heterocycles. The van der Waals surface area contributed by atoms with Crippen LogP contribution in [0.4, 0.5) is 0 Å². The number of ketones is 1. The largest absolute Gasteiger partial charge is 0.497 e. The Bertz CT molecular complexity index is 608. The fourth-order valence-corrected chi connectivity index (χ4v) is 3.22. The van der Waals surface area contributed by atoms with Gasteiger partial charge in [0.15, 0.2) is 5.78 Å². The molecule has 2 aromatic rings. The minimum atomic E-state index is 0.261.